The summed E-state index contributed by atoms with van der Waals surface area (Å²) in [4.78, 5) is 48.7. The molecule has 0 bridgehead atoms. The molecule has 3 aromatic rings. The van der Waals surface area contributed by atoms with E-state index >= 15 is 0 Å². The number of aliphatic hydroxyl groups excluding tert-OH is 7. The molecular formula is C44H75BN10O9S2. The highest BCUT2D eigenvalue weighted by molar-refractivity contribution is 8.59. The summed E-state index contributed by atoms with van der Waals surface area (Å²) >= 11 is 6.44. The van der Waals surface area contributed by atoms with E-state index in [9.17, 15) is 40.2 Å². The van der Waals surface area contributed by atoms with E-state index in [1.54, 1.807) is 26.4 Å². The Hall–Kier alpha value is -3.97. The number of thiol groups is 2. The molecule has 0 saturated carbocycles. The summed E-state index contributed by atoms with van der Waals surface area (Å²) in [5.74, 6) is 0.0937. The number of nitrogens with zero attached hydrogens (tertiary/aromatic N) is 6. The number of aliphatic imine (C=N–C) groups is 1. The third kappa shape index (κ3) is 23.2. The molecule has 0 fully saturated rings. The Labute approximate surface area is 402 Å². The molecule has 6 unspecified atom stereocenters. The van der Waals surface area contributed by atoms with Gasteiger partial charge in [0.1, 0.15) is 18.0 Å². The predicted molar refractivity (Wildman–Crippen MR) is 267 cm³/mol. The van der Waals surface area contributed by atoms with Crippen LogP contribution in [0.15, 0.2) is 41.7 Å². The van der Waals surface area contributed by atoms with Crippen LogP contribution in [0.4, 0.5) is 5.82 Å². The van der Waals surface area contributed by atoms with Crippen LogP contribution >= 0.6 is 23.3 Å². The Morgan fingerprint density at radius 3 is 1.94 bits per heavy atom. The van der Waals surface area contributed by atoms with E-state index in [-0.39, 0.29) is 69.4 Å². The largest absolute Gasteiger partial charge is 0.396 e. The number of hydrogen-bond acceptors (Lipinski definition) is 18. The van der Waals surface area contributed by atoms with Crippen molar-refractivity contribution in [3.05, 3.63) is 65.1 Å². The first-order chi connectivity index (χ1) is 31.7. The van der Waals surface area contributed by atoms with Crippen LogP contribution in [0.1, 0.15) is 92.6 Å². The van der Waals surface area contributed by atoms with Gasteiger partial charge in [-0.25, -0.2) is 19.9 Å². The maximum absolute atomic E-state index is 12.7. The van der Waals surface area contributed by atoms with E-state index in [1.165, 1.54) is 11.7 Å². The topological polar surface area (TPSA) is 305 Å². The fourth-order valence-corrected chi connectivity index (χ4v) is 6.24. The van der Waals surface area contributed by atoms with Gasteiger partial charge in [0.25, 0.3) is 5.91 Å². The Morgan fingerprint density at radius 2 is 1.39 bits per heavy atom. The molecule has 0 aliphatic carbocycles. The molecule has 12 N–H and O–H groups in total. The van der Waals surface area contributed by atoms with Crippen LogP contribution in [0.3, 0.4) is 0 Å². The second-order valence-electron chi connectivity index (χ2n) is 14.8. The summed E-state index contributed by atoms with van der Waals surface area (Å²) < 4.78 is 0. The number of unbranched alkanes of at least 4 members (excludes halogenated alkanes) is 1. The highest BCUT2D eigenvalue weighted by atomic mass is 33.1. The Kier molecular flexibility index (Phi) is 34.0. The molecule has 6 atom stereocenters. The molecule has 0 aliphatic heterocycles. The molecule has 2 radical (unpaired) electrons. The maximum atomic E-state index is 12.7. The highest BCUT2D eigenvalue weighted by Crippen LogP contribution is 2.20. The first-order valence-corrected chi connectivity index (χ1v) is 23.8. The molecule has 66 heavy (non-hydrogen) atoms. The van der Waals surface area contributed by atoms with Crippen molar-refractivity contribution >= 4 is 54.8 Å². The van der Waals surface area contributed by atoms with Crippen molar-refractivity contribution < 1.29 is 45.3 Å². The zero-order valence-electron chi connectivity index (χ0n) is 39.5. The van der Waals surface area contributed by atoms with E-state index in [0.717, 1.165) is 41.6 Å². The lowest BCUT2D eigenvalue weighted by atomic mass is 10.0. The summed E-state index contributed by atoms with van der Waals surface area (Å²) in [7, 11) is 6.17. The molecule has 0 spiro atoms. The van der Waals surface area contributed by atoms with Gasteiger partial charge in [0.15, 0.2) is 17.5 Å². The third-order valence-corrected chi connectivity index (χ3v) is 9.95. The number of amides is 2. The molecule has 2 aromatic heterocycles. The standard InChI is InChI=1S/C41H64N10O9.C2H6.CH3B.H2S2/c1-5-8-30(53)37(58)32(55)23-51(24-33(56)38(59)31(54)16-20-52)19-18-44-35(57)15-14-34-46-21-29(22-47-34)28-12-10-27(11-13-28)9-6-7-17-45-41(42)50-40(60)36-39(43-4)49-26(3)25(2)48-36;3*1-2/h10-13,21-22,30-33,37-38,52-56,58-59H,5-9,14-20,23-24H2,1-4H3,(H,43,49)(H,44,57)(H3,42,45,50,60);1-2H3;1H3;1-2H. The van der Waals surface area contributed by atoms with Gasteiger partial charge in [-0.15, -0.1) is 23.3 Å². The van der Waals surface area contributed by atoms with Gasteiger partial charge in [-0.05, 0) is 57.1 Å². The second kappa shape index (κ2) is 36.1. The molecule has 2 heterocycles. The van der Waals surface area contributed by atoms with Crippen molar-refractivity contribution in [2.75, 3.05) is 51.7 Å². The minimum atomic E-state index is -1.58. The molecule has 19 nitrogen and oxygen atoms in total. The summed E-state index contributed by atoms with van der Waals surface area (Å²) in [6.45, 7) is 10.8. The monoisotopic (exact) mass is 963 g/mol. The average molecular weight is 963 g/mol. The van der Waals surface area contributed by atoms with Crippen LogP contribution in [-0.2, 0) is 17.6 Å². The minimum absolute atomic E-state index is 0.0171. The number of guanidine groups is 1. The van der Waals surface area contributed by atoms with Crippen LogP contribution in [-0.4, -0.2) is 169 Å². The van der Waals surface area contributed by atoms with Crippen molar-refractivity contribution in [3.63, 3.8) is 0 Å². The number of aryl methyl sites for hydroxylation is 4. The summed E-state index contributed by atoms with van der Waals surface area (Å²) in [6, 6.07) is 8.07. The predicted octanol–water partition coefficient (Wildman–Crippen LogP) is 1.35. The zero-order valence-corrected chi connectivity index (χ0v) is 41.3. The number of aliphatic hydroxyl groups is 7. The zero-order chi connectivity index (χ0) is 50.2. The number of benzene rings is 1. The number of nitrogens with one attached hydrogen (secondary N) is 3. The number of anilines is 1. The number of aromatic nitrogens is 4. The molecule has 370 valence electrons. The van der Waals surface area contributed by atoms with Gasteiger partial charge in [0, 0.05) is 77.2 Å². The number of carbonyl (C=O) groups excluding carboxylic acids is 2. The van der Waals surface area contributed by atoms with Crippen molar-refractivity contribution in [2.24, 2.45) is 10.7 Å². The number of carbonyl (C=O) groups is 2. The number of hydrogen-bond donors (Lipinski definition) is 13. The molecule has 0 saturated heterocycles. The van der Waals surface area contributed by atoms with Crippen molar-refractivity contribution in [1.29, 1.82) is 0 Å². The quantitative estimate of drug-likeness (QED) is 0.0135. The number of nitrogens with two attached hydrogens (primary N) is 1. The number of rotatable bonds is 26. The lowest BCUT2D eigenvalue weighted by Crippen LogP contribution is -2.51. The smallest absolute Gasteiger partial charge is 0.280 e. The SMILES string of the molecule is CC.CCCC(O)C(O)C(O)CN(CCNC(=O)CCc1ncc(-c2ccc(CCCCN=C(N)NC(=O)c3nc(C)c(C)nc3NC)cc2)cn1)CC(O)C(O)C(O)CCO.SS.[B]C. The normalized spacial score (nSPS) is 13.8. The van der Waals surface area contributed by atoms with Gasteiger partial charge in [-0.3, -0.25) is 24.8 Å². The molecule has 22 heteroatoms. The maximum Gasteiger partial charge on any atom is 0.280 e. The van der Waals surface area contributed by atoms with Crippen LogP contribution < -0.4 is 21.7 Å². The average Bonchev–Trinajstić information content (AvgIpc) is 3.33. The van der Waals surface area contributed by atoms with Crippen molar-refractivity contribution in [3.8, 4) is 11.1 Å². The second-order valence-corrected chi connectivity index (χ2v) is 14.8. The minimum Gasteiger partial charge on any atom is -0.396 e. The lowest BCUT2D eigenvalue weighted by Gasteiger charge is -2.32. The molecule has 0 aliphatic rings. The van der Waals surface area contributed by atoms with E-state index in [1.807, 2.05) is 52.0 Å². The van der Waals surface area contributed by atoms with Gasteiger partial charge in [-0.2, -0.15) is 0 Å². The Balaban J connectivity index is 0.00000675. The van der Waals surface area contributed by atoms with Crippen LogP contribution in [0.25, 0.3) is 11.1 Å². The molecule has 3 rings (SSSR count). The van der Waals surface area contributed by atoms with Gasteiger partial charge < -0.3 is 52.1 Å². The lowest BCUT2D eigenvalue weighted by molar-refractivity contribution is -0.121. The van der Waals surface area contributed by atoms with Gasteiger partial charge in [0.05, 0.1) is 43.6 Å². The fraction of sp³-hybridized carbons (Fsp3) is 0.614. The van der Waals surface area contributed by atoms with Crippen LogP contribution in [0, 0.1) is 13.8 Å². The van der Waals surface area contributed by atoms with E-state index in [2.05, 4.69) is 72.0 Å². The Bertz CT molecular complexity index is 1780. The van der Waals surface area contributed by atoms with Gasteiger partial charge >= 0.3 is 0 Å². The van der Waals surface area contributed by atoms with E-state index < -0.39 is 49.1 Å². The first-order valence-electron chi connectivity index (χ1n) is 22.2. The Morgan fingerprint density at radius 1 is 0.833 bits per heavy atom. The third-order valence-electron chi connectivity index (χ3n) is 9.95. The summed E-state index contributed by atoms with van der Waals surface area (Å²) in [5, 5.41) is 79.2. The van der Waals surface area contributed by atoms with Crippen molar-refractivity contribution in [1.82, 2.24) is 35.5 Å². The first kappa shape index (κ1) is 62.0. The van der Waals surface area contributed by atoms with Crippen molar-refractivity contribution in [2.45, 2.75) is 129 Å². The van der Waals surface area contributed by atoms with Crippen LogP contribution in [0.5, 0.6) is 0 Å². The molecule has 1 aromatic carbocycles. The van der Waals surface area contributed by atoms with Gasteiger partial charge in [-0.1, -0.05) is 58.3 Å². The molecular weight excluding hydrogens is 887 g/mol. The summed E-state index contributed by atoms with van der Waals surface area (Å²) in [5.41, 5.74) is 10.4. The summed E-state index contributed by atoms with van der Waals surface area (Å²) in [6.07, 6.45) is -1.46. The van der Waals surface area contributed by atoms with Gasteiger partial charge in [0.2, 0.25) is 5.91 Å². The van der Waals surface area contributed by atoms with E-state index in [0.29, 0.717) is 30.3 Å². The fourth-order valence-electron chi connectivity index (χ4n) is 6.24. The highest BCUT2D eigenvalue weighted by Gasteiger charge is 2.30. The molecule has 2 amide bonds. The van der Waals surface area contributed by atoms with E-state index in [4.69, 9.17) is 10.8 Å². The van der Waals surface area contributed by atoms with Crippen LogP contribution in [0.2, 0.25) is 6.82 Å².